The second-order valence-corrected chi connectivity index (χ2v) is 6.04. The number of nitrogens with one attached hydrogen (secondary N) is 1. The first-order valence-electron chi connectivity index (χ1n) is 7.88. The molecule has 0 spiro atoms. The third kappa shape index (κ3) is 3.81. The zero-order chi connectivity index (χ0) is 16.2. The van der Waals surface area contributed by atoms with Crippen LogP contribution >= 0.6 is 0 Å². The molecular weight excluding hydrogens is 294 g/mol. The van der Waals surface area contributed by atoms with E-state index >= 15 is 0 Å². The molecule has 0 aromatic heterocycles. The molecule has 2 heterocycles. The second-order valence-electron chi connectivity index (χ2n) is 6.04. The van der Waals surface area contributed by atoms with Gasteiger partial charge in [0, 0.05) is 18.9 Å². The van der Waals surface area contributed by atoms with Crippen LogP contribution in [0.1, 0.15) is 31.2 Å². The van der Waals surface area contributed by atoms with Gasteiger partial charge in [-0.3, -0.25) is 9.59 Å². The van der Waals surface area contributed by atoms with Crippen molar-refractivity contribution in [1.29, 1.82) is 5.26 Å². The molecule has 120 valence electrons. The Kier molecular flexibility index (Phi) is 4.47. The highest BCUT2D eigenvalue weighted by Gasteiger charge is 2.33. The first-order chi connectivity index (χ1) is 11.1. The maximum Gasteiger partial charge on any atom is 0.224 e. The highest BCUT2D eigenvalue weighted by atomic mass is 16.5. The van der Waals surface area contributed by atoms with Crippen LogP contribution in [0, 0.1) is 11.3 Å². The van der Waals surface area contributed by atoms with E-state index in [0.29, 0.717) is 37.2 Å². The number of piperidine rings is 1. The van der Waals surface area contributed by atoms with Gasteiger partial charge < -0.3 is 15.0 Å². The Bertz CT molecular complexity index is 629. The molecule has 0 saturated carbocycles. The van der Waals surface area contributed by atoms with Crippen molar-refractivity contribution in [3.05, 3.63) is 29.8 Å². The largest absolute Gasteiger partial charge is 0.487 e. The lowest BCUT2D eigenvalue weighted by Crippen LogP contribution is -2.57. The molecule has 3 rings (SSSR count). The SMILES string of the molecule is N#Cc1ccc(OC2CN(C(=O)CC3CCCC(=O)N3)C2)cc1. The molecule has 6 heteroatoms. The van der Waals surface area contributed by atoms with Gasteiger partial charge in [-0.15, -0.1) is 0 Å². The number of nitrogens with zero attached hydrogens (tertiary/aromatic N) is 2. The van der Waals surface area contributed by atoms with Crippen LogP contribution in [0.4, 0.5) is 0 Å². The standard InChI is InChI=1S/C17H19N3O3/c18-9-12-4-6-14(7-5-12)23-15-10-20(11-15)17(22)8-13-2-1-3-16(21)19-13/h4-7,13,15H,1-3,8,10-11H2,(H,19,21). The van der Waals surface area contributed by atoms with Crippen molar-refractivity contribution in [2.45, 2.75) is 37.8 Å². The third-order valence-electron chi connectivity index (χ3n) is 4.23. The zero-order valence-corrected chi connectivity index (χ0v) is 12.8. The van der Waals surface area contributed by atoms with Gasteiger partial charge in [-0.25, -0.2) is 0 Å². The maximum atomic E-state index is 12.2. The summed E-state index contributed by atoms with van der Waals surface area (Å²) in [5.41, 5.74) is 0.595. The number of ether oxygens (including phenoxy) is 1. The molecule has 2 saturated heterocycles. The van der Waals surface area contributed by atoms with E-state index in [4.69, 9.17) is 10.00 Å². The highest BCUT2D eigenvalue weighted by molar-refractivity contribution is 5.81. The zero-order valence-electron chi connectivity index (χ0n) is 12.8. The van der Waals surface area contributed by atoms with Gasteiger partial charge in [0.05, 0.1) is 24.7 Å². The molecule has 23 heavy (non-hydrogen) atoms. The Labute approximate surface area is 135 Å². The van der Waals surface area contributed by atoms with Gasteiger partial charge in [0.1, 0.15) is 11.9 Å². The van der Waals surface area contributed by atoms with E-state index in [1.54, 1.807) is 29.2 Å². The van der Waals surface area contributed by atoms with E-state index in [9.17, 15) is 9.59 Å². The van der Waals surface area contributed by atoms with Gasteiger partial charge in [0.15, 0.2) is 0 Å². The summed E-state index contributed by atoms with van der Waals surface area (Å²) < 4.78 is 5.76. The van der Waals surface area contributed by atoms with Gasteiger partial charge in [0.25, 0.3) is 0 Å². The lowest BCUT2D eigenvalue weighted by molar-refractivity contribution is -0.141. The van der Waals surface area contributed by atoms with Crippen LogP contribution in [0.25, 0.3) is 0 Å². The first kappa shape index (κ1) is 15.3. The average molecular weight is 313 g/mol. The van der Waals surface area contributed by atoms with Crippen LogP contribution in [0.3, 0.4) is 0 Å². The Morgan fingerprint density at radius 2 is 2.09 bits per heavy atom. The summed E-state index contributed by atoms with van der Waals surface area (Å²) in [6.45, 7) is 1.14. The molecule has 0 bridgehead atoms. The summed E-state index contributed by atoms with van der Waals surface area (Å²) >= 11 is 0. The fourth-order valence-corrected chi connectivity index (χ4v) is 2.89. The molecule has 6 nitrogen and oxygen atoms in total. The summed E-state index contributed by atoms with van der Waals surface area (Å²) in [6, 6.07) is 8.99. The average Bonchev–Trinajstić information content (AvgIpc) is 2.51. The van der Waals surface area contributed by atoms with Crippen molar-refractivity contribution in [1.82, 2.24) is 10.2 Å². The fourth-order valence-electron chi connectivity index (χ4n) is 2.89. The molecule has 1 N–H and O–H groups in total. The smallest absolute Gasteiger partial charge is 0.224 e. The van der Waals surface area contributed by atoms with Crippen molar-refractivity contribution in [2.24, 2.45) is 0 Å². The minimum atomic E-state index is -0.0257. The number of benzene rings is 1. The van der Waals surface area contributed by atoms with E-state index in [1.165, 1.54) is 0 Å². The van der Waals surface area contributed by atoms with Crippen molar-refractivity contribution in [3.8, 4) is 11.8 Å². The van der Waals surface area contributed by atoms with E-state index in [2.05, 4.69) is 11.4 Å². The third-order valence-corrected chi connectivity index (χ3v) is 4.23. The van der Waals surface area contributed by atoms with Crippen molar-refractivity contribution >= 4 is 11.8 Å². The molecule has 0 aliphatic carbocycles. The summed E-state index contributed by atoms with van der Waals surface area (Å²) in [5, 5.41) is 11.6. The van der Waals surface area contributed by atoms with Gasteiger partial charge in [-0.05, 0) is 37.1 Å². The van der Waals surface area contributed by atoms with Crippen molar-refractivity contribution in [2.75, 3.05) is 13.1 Å². The van der Waals surface area contributed by atoms with Crippen LogP contribution in [0.15, 0.2) is 24.3 Å². The van der Waals surface area contributed by atoms with Crippen molar-refractivity contribution < 1.29 is 14.3 Å². The van der Waals surface area contributed by atoms with Gasteiger partial charge in [-0.1, -0.05) is 0 Å². The Morgan fingerprint density at radius 1 is 1.35 bits per heavy atom. The predicted octanol–water partition coefficient (Wildman–Crippen LogP) is 1.21. The number of carbonyl (C=O) groups is 2. The van der Waals surface area contributed by atoms with E-state index < -0.39 is 0 Å². The predicted molar refractivity (Wildman–Crippen MR) is 82.6 cm³/mol. The molecule has 0 radical (unpaired) electrons. The van der Waals surface area contributed by atoms with E-state index in [-0.39, 0.29) is 24.0 Å². The number of hydrogen-bond acceptors (Lipinski definition) is 4. The summed E-state index contributed by atoms with van der Waals surface area (Å²) in [5.74, 6) is 0.817. The van der Waals surface area contributed by atoms with Gasteiger partial charge in [-0.2, -0.15) is 5.26 Å². The van der Waals surface area contributed by atoms with Crippen LogP contribution in [-0.4, -0.2) is 41.9 Å². The van der Waals surface area contributed by atoms with Crippen LogP contribution in [-0.2, 0) is 9.59 Å². The number of nitriles is 1. The number of rotatable bonds is 4. The van der Waals surface area contributed by atoms with Gasteiger partial charge >= 0.3 is 0 Å². The van der Waals surface area contributed by atoms with Crippen LogP contribution in [0.5, 0.6) is 5.75 Å². The number of carbonyl (C=O) groups excluding carboxylic acids is 2. The molecule has 2 amide bonds. The monoisotopic (exact) mass is 313 g/mol. The number of amides is 2. The highest BCUT2D eigenvalue weighted by Crippen LogP contribution is 2.20. The molecule has 2 aliphatic rings. The minimum Gasteiger partial charge on any atom is -0.487 e. The molecule has 2 fully saturated rings. The normalized spacial score (nSPS) is 21.1. The minimum absolute atomic E-state index is 0.00664. The molecular formula is C17H19N3O3. The topological polar surface area (TPSA) is 82.4 Å². The summed E-state index contributed by atoms with van der Waals surface area (Å²) in [7, 11) is 0. The molecule has 2 aliphatic heterocycles. The Morgan fingerprint density at radius 3 is 2.74 bits per heavy atom. The van der Waals surface area contributed by atoms with Crippen LogP contribution < -0.4 is 10.1 Å². The van der Waals surface area contributed by atoms with Crippen molar-refractivity contribution in [3.63, 3.8) is 0 Å². The van der Waals surface area contributed by atoms with E-state index in [1.807, 2.05) is 0 Å². The molecule has 1 atom stereocenters. The van der Waals surface area contributed by atoms with Crippen LogP contribution in [0.2, 0.25) is 0 Å². The Hall–Kier alpha value is -2.55. The first-order valence-corrected chi connectivity index (χ1v) is 7.88. The summed E-state index contributed by atoms with van der Waals surface area (Å²) in [6.07, 6.45) is 2.66. The maximum absolute atomic E-state index is 12.2. The molecule has 1 unspecified atom stereocenters. The number of likely N-dealkylation sites (tertiary alicyclic amines) is 1. The summed E-state index contributed by atoms with van der Waals surface area (Å²) in [4.78, 5) is 25.3. The molecule has 1 aromatic rings. The lowest BCUT2D eigenvalue weighted by Gasteiger charge is -2.39. The number of hydrogen-bond donors (Lipinski definition) is 1. The Balaban J connectivity index is 1.42. The lowest BCUT2D eigenvalue weighted by atomic mass is 10.00. The van der Waals surface area contributed by atoms with Gasteiger partial charge in [0.2, 0.25) is 11.8 Å². The molecule has 1 aromatic carbocycles. The van der Waals surface area contributed by atoms with E-state index in [0.717, 1.165) is 12.8 Å². The second kappa shape index (κ2) is 6.69. The quantitative estimate of drug-likeness (QED) is 0.905. The fraction of sp³-hybridized carbons (Fsp3) is 0.471.